The predicted octanol–water partition coefficient (Wildman–Crippen LogP) is 0.929. The summed E-state index contributed by atoms with van der Waals surface area (Å²) in [6, 6.07) is -0.272. The quantitative estimate of drug-likeness (QED) is 0.439. The Morgan fingerprint density at radius 1 is 1.44 bits per heavy atom. The molecule has 0 rings (SSSR count). The van der Waals surface area contributed by atoms with Gasteiger partial charge >= 0.3 is 6.03 Å². The summed E-state index contributed by atoms with van der Waals surface area (Å²) in [5, 5.41) is 2.64. The summed E-state index contributed by atoms with van der Waals surface area (Å²) in [6.07, 6.45) is 0. The Balaban J connectivity index is 3.60. The maximum atomic E-state index is 10.5. The minimum atomic E-state index is -0.272. The molecular weight excluding hydrogens is 136 g/mol. The summed E-state index contributed by atoms with van der Waals surface area (Å²) >= 11 is 3.57. The lowest BCUT2D eigenvalue weighted by molar-refractivity contribution is 0.238. The molecule has 0 saturated heterocycles. The third-order valence-corrected chi connectivity index (χ3v) is 0.793. The number of nitrogens with one attached hydrogen (secondary N) is 2. The lowest BCUT2D eigenvalue weighted by Gasteiger charge is -2.19. The lowest BCUT2D eigenvalue weighted by Crippen LogP contribution is -2.43. The Hall–Kier alpha value is -0.380. The number of hydrogen-bond donors (Lipinski definition) is 3. The Morgan fingerprint density at radius 2 is 1.89 bits per heavy atom. The first-order valence-corrected chi connectivity index (χ1v) is 3.12. The maximum absolute atomic E-state index is 10.5. The molecule has 0 aliphatic carbocycles. The Kier molecular flexibility index (Phi) is 2.84. The number of carbonyl (C=O) groups excluding carboxylic acids is 1. The highest BCUT2D eigenvalue weighted by molar-refractivity contribution is 7.78. The Bertz CT molecular complexity index is 108. The Labute approximate surface area is 60.8 Å². The van der Waals surface area contributed by atoms with Crippen molar-refractivity contribution in [3.8, 4) is 0 Å². The van der Waals surface area contributed by atoms with E-state index in [2.05, 4.69) is 22.9 Å². The highest BCUT2D eigenvalue weighted by atomic mass is 32.1. The van der Waals surface area contributed by atoms with Gasteiger partial charge in [-0.1, -0.05) is 12.8 Å². The van der Waals surface area contributed by atoms with Gasteiger partial charge in [-0.05, 0) is 20.8 Å². The number of urea groups is 1. The fourth-order valence-corrected chi connectivity index (χ4v) is 0.424. The minimum absolute atomic E-state index is 0.188. The molecule has 0 aromatic heterocycles. The normalized spacial score (nSPS) is 10.7. The second-order valence-corrected chi connectivity index (χ2v) is 3.04. The fourth-order valence-electron chi connectivity index (χ4n) is 0.369. The first-order valence-electron chi connectivity index (χ1n) is 2.68. The smallest absolute Gasteiger partial charge is 0.324 e. The molecule has 0 atom stereocenters. The van der Waals surface area contributed by atoms with Crippen molar-refractivity contribution >= 4 is 18.8 Å². The third kappa shape index (κ3) is 5.49. The molecule has 2 amide bonds. The molecule has 0 aliphatic heterocycles. The zero-order valence-corrected chi connectivity index (χ0v) is 6.75. The molecule has 0 bridgehead atoms. The molecular formula is C5H12N2OS. The summed E-state index contributed by atoms with van der Waals surface area (Å²) in [4.78, 5) is 10.5. The molecule has 0 heterocycles. The van der Waals surface area contributed by atoms with Crippen LogP contribution < -0.4 is 10.0 Å². The van der Waals surface area contributed by atoms with E-state index in [1.54, 1.807) is 0 Å². The van der Waals surface area contributed by atoms with Crippen LogP contribution in [0.3, 0.4) is 0 Å². The molecule has 0 spiro atoms. The average Bonchev–Trinajstić information content (AvgIpc) is 1.62. The van der Waals surface area contributed by atoms with Crippen LogP contribution in [0.25, 0.3) is 0 Å². The standard InChI is InChI=1S/C5H12N2OS/c1-5(2,3)6-4(8)7-9/h9H,1-3H3,(H2,6,7,8). The van der Waals surface area contributed by atoms with Gasteiger partial charge in [0.05, 0.1) is 0 Å². The van der Waals surface area contributed by atoms with E-state index in [4.69, 9.17) is 0 Å². The molecule has 0 saturated carbocycles. The molecule has 54 valence electrons. The first-order chi connectivity index (χ1) is 3.95. The van der Waals surface area contributed by atoms with Crippen LogP contribution in [0.5, 0.6) is 0 Å². The van der Waals surface area contributed by atoms with Crippen molar-refractivity contribution in [1.82, 2.24) is 10.0 Å². The maximum Gasteiger partial charge on any atom is 0.324 e. The number of thiol groups is 1. The van der Waals surface area contributed by atoms with Gasteiger partial charge in [-0.2, -0.15) is 0 Å². The van der Waals surface area contributed by atoms with Gasteiger partial charge in [0.1, 0.15) is 0 Å². The van der Waals surface area contributed by atoms with E-state index in [9.17, 15) is 4.79 Å². The van der Waals surface area contributed by atoms with Crippen LogP contribution in [0.1, 0.15) is 20.8 Å². The van der Waals surface area contributed by atoms with Crippen LogP contribution in [0.4, 0.5) is 4.79 Å². The van der Waals surface area contributed by atoms with Crippen molar-refractivity contribution in [3.05, 3.63) is 0 Å². The zero-order chi connectivity index (χ0) is 7.49. The van der Waals surface area contributed by atoms with Gasteiger partial charge in [0, 0.05) is 5.54 Å². The summed E-state index contributed by atoms with van der Waals surface area (Å²) in [5.41, 5.74) is -0.188. The predicted molar refractivity (Wildman–Crippen MR) is 40.4 cm³/mol. The SMILES string of the molecule is CC(C)(C)NC(=O)NS. The van der Waals surface area contributed by atoms with Crippen molar-refractivity contribution in [1.29, 1.82) is 0 Å². The van der Waals surface area contributed by atoms with E-state index in [-0.39, 0.29) is 11.6 Å². The molecule has 0 unspecified atom stereocenters. The van der Waals surface area contributed by atoms with E-state index < -0.39 is 0 Å². The number of carbonyl (C=O) groups is 1. The summed E-state index contributed by atoms with van der Waals surface area (Å²) in [5.74, 6) is 0. The summed E-state index contributed by atoms with van der Waals surface area (Å²) in [6.45, 7) is 5.70. The molecule has 0 aliphatic rings. The highest BCUT2D eigenvalue weighted by Crippen LogP contribution is 1.96. The first kappa shape index (κ1) is 8.62. The van der Waals surface area contributed by atoms with Gasteiger partial charge in [0.2, 0.25) is 0 Å². The van der Waals surface area contributed by atoms with Crippen molar-refractivity contribution in [2.45, 2.75) is 26.3 Å². The topological polar surface area (TPSA) is 41.1 Å². The molecule has 0 aromatic rings. The van der Waals surface area contributed by atoms with E-state index >= 15 is 0 Å². The second kappa shape index (κ2) is 2.96. The van der Waals surface area contributed by atoms with Crippen LogP contribution in [0.2, 0.25) is 0 Å². The monoisotopic (exact) mass is 148 g/mol. The number of hydrogen-bond acceptors (Lipinski definition) is 2. The molecule has 0 radical (unpaired) electrons. The van der Waals surface area contributed by atoms with Gasteiger partial charge in [-0.3, -0.25) is 4.72 Å². The number of amides is 2. The molecule has 4 heteroatoms. The van der Waals surface area contributed by atoms with Crippen LogP contribution >= 0.6 is 12.8 Å². The number of rotatable bonds is 0. The van der Waals surface area contributed by atoms with E-state index in [1.165, 1.54) is 0 Å². The molecule has 0 aromatic carbocycles. The summed E-state index contributed by atoms with van der Waals surface area (Å²) < 4.78 is 2.17. The lowest BCUT2D eigenvalue weighted by atomic mass is 10.1. The van der Waals surface area contributed by atoms with Gasteiger partial charge in [0.25, 0.3) is 0 Å². The largest absolute Gasteiger partial charge is 0.333 e. The van der Waals surface area contributed by atoms with Crippen molar-refractivity contribution < 1.29 is 4.79 Å². The van der Waals surface area contributed by atoms with Gasteiger partial charge in [-0.15, -0.1) is 0 Å². The van der Waals surface area contributed by atoms with Gasteiger partial charge < -0.3 is 5.32 Å². The van der Waals surface area contributed by atoms with Crippen molar-refractivity contribution in [2.75, 3.05) is 0 Å². The van der Waals surface area contributed by atoms with E-state index in [1.807, 2.05) is 20.8 Å². The van der Waals surface area contributed by atoms with Gasteiger partial charge in [0.15, 0.2) is 0 Å². The van der Waals surface area contributed by atoms with Crippen molar-refractivity contribution in [2.24, 2.45) is 0 Å². The Morgan fingerprint density at radius 3 is 2.00 bits per heavy atom. The van der Waals surface area contributed by atoms with E-state index in [0.717, 1.165) is 0 Å². The second-order valence-electron chi connectivity index (χ2n) is 2.82. The van der Waals surface area contributed by atoms with Crippen LogP contribution in [0, 0.1) is 0 Å². The summed E-state index contributed by atoms with van der Waals surface area (Å²) in [7, 11) is 0. The van der Waals surface area contributed by atoms with Crippen LogP contribution in [-0.4, -0.2) is 11.6 Å². The molecule has 3 nitrogen and oxygen atoms in total. The average molecular weight is 148 g/mol. The third-order valence-electron chi connectivity index (χ3n) is 0.590. The van der Waals surface area contributed by atoms with Gasteiger partial charge in [-0.25, -0.2) is 4.79 Å². The molecule has 0 fully saturated rings. The molecule has 2 N–H and O–H groups in total. The molecule has 9 heavy (non-hydrogen) atoms. The van der Waals surface area contributed by atoms with Crippen LogP contribution in [0.15, 0.2) is 0 Å². The van der Waals surface area contributed by atoms with E-state index in [0.29, 0.717) is 0 Å². The fraction of sp³-hybridized carbons (Fsp3) is 0.800. The highest BCUT2D eigenvalue weighted by Gasteiger charge is 2.11. The zero-order valence-electron chi connectivity index (χ0n) is 5.86. The minimum Gasteiger partial charge on any atom is -0.333 e. The van der Waals surface area contributed by atoms with Crippen molar-refractivity contribution in [3.63, 3.8) is 0 Å². The van der Waals surface area contributed by atoms with Crippen LogP contribution in [-0.2, 0) is 0 Å².